The molecule has 0 N–H and O–H groups in total. The summed E-state index contributed by atoms with van der Waals surface area (Å²) in [6, 6.07) is 8.74. The van der Waals surface area contributed by atoms with E-state index in [4.69, 9.17) is 11.6 Å². The number of carbonyl (C=O) groups is 1. The topological polar surface area (TPSA) is 17.1 Å². The van der Waals surface area contributed by atoms with Crippen LogP contribution in [0.25, 0.3) is 0 Å². The molecule has 0 heterocycles. The fraction of sp³-hybridized carbons (Fsp3) is 0.435. The van der Waals surface area contributed by atoms with Crippen LogP contribution in [0.3, 0.4) is 0 Å². The molecule has 1 saturated carbocycles. The Morgan fingerprint density at radius 1 is 0.871 bits per heavy atom. The van der Waals surface area contributed by atoms with E-state index in [1.807, 2.05) is 0 Å². The van der Waals surface area contributed by atoms with E-state index in [2.05, 4.69) is 0 Å². The first-order chi connectivity index (χ1) is 14.5. The van der Waals surface area contributed by atoms with E-state index in [9.17, 15) is 31.1 Å². The molecule has 1 nitrogen and oxygen atoms in total. The number of alkyl halides is 6. The van der Waals surface area contributed by atoms with Crippen molar-refractivity contribution in [2.75, 3.05) is 0 Å². The second-order valence-corrected chi connectivity index (χ2v) is 8.36. The minimum Gasteiger partial charge on any atom is -0.294 e. The molecule has 2 aromatic rings. The molecule has 0 aromatic heterocycles. The van der Waals surface area contributed by atoms with Crippen molar-refractivity contribution in [3.63, 3.8) is 0 Å². The van der Waals surface area contributed by atoms with Crippen molar-refractivity contribution >= 4 is 17.4 Å². The van der Waals surface area contributed by atoms with Crippen LogP contribution in [0.2, 0.25) is 5.02 Å². The summed E-state index contributed by atoms with van der Waals surface area (Å²) < 4.78 is 78.7. The second kappa shape index (κ2) is 9.23. The Kier molecular flexibility index (Phi) is 7.04. The first-order valence-electron chi connectivity index (χ1n) is 10.0. The number of carbonyl (C=O) groups excluding carboxylic acids is 1. The van der Waals surface area contributed by atoms with E-state index >= 15 is 0 Å². The van der Waals surface area contributed by atoms with Gasteiger partial charge >= 0.3 is 12.4 Å². The first-order valence-corrected chi connectivity index (χ1v) is 10.4. The number of halogens is 7. The van der Waals surface area contributed by atoms with Gasteiger partial charge in [-0.15, -0.1) is 0 Å². The van der Waals surface area contributed by atoms with Crippen molar-refractivity contribution in [3.8, 4) is 0 Å². The molecule has 0 spiro atoms. The molecule has 1 fully saturated rings. The molecule has 0 atom stereocenters. The summed E-state index contributed by atoms with van der Waals surface area (Å²) in [6.45, 7) is 0. The minimum absolute atomic E-state index is 0.0375. The Morgan fingerprint density at radius 3 is 2.10 bits per heavy atom. The van der Waals surface area contributed by atoms with Gasteiger partial charge in [0.15, 0.2) is 5.78 Å². The number of hydrogen-bond donors (Lipinski definition) is 0. The van der Waals surface area contributed by atoms with Crippen LogP contribution in [0.5, 0.6) is 0 Å². The lowest BCUT2D eigenvalue weighted by Crippen LogP contribution is -2.18. The van der Waals surface area contributed by atoms with Gasteiger partial charge in [0, 0.05) is 12.0 Å². The van der Waals surface area contributed by atoms with Gasteiger partial charge in [0.2, 0.25) is 0 Å². The maximum absolute atomic E-state index is 13.3. The molecule has 0 saturated heterocycles. The van der Waals surface area contributed by atoms with Gasteiger partial charge in [-0.1, -0.05) is 29.8 Å². The van der Waals surface area contributed by atoms with Crippen molar-refractivity contribution in [1.82, 2.24) is 0 Å². The highest BCUT2D eigenvalue weighted by molar-refractivity contribution is 6.31. The number of ketones is 1. The predicted molar refractivity (Wildman–Crippen MR) is 106 cm³/mol. The molecule has 0 aliphatic heterocycles. The van der Waals surface area contributed by atoms with E-state index in [0.717, 1.165) is 18.2 Å². The standard InChI is InChI=1S/C23H21ClF6O/c24-20-11-10-16(13-19(20)23(28,29)30)21(31)12-7-14-5-8-15(9-6-14)17-3-1-2-4-18(17)22(25,26)27/h1-4,10-11,13-15H,5-9,12H2. The highest BCUT2D eigenvalue weighted by Crippen LogP contribution is 2.43. The highest BCUT2D eigenvalue weighted by Gasteiger charge is 2.36. The van der Waals surface area contributed by atoms with Crippen molar-refractivity contribution in [2.45, 2.75) is 56.8 Å². The van der Waals surface area contributed by atoms with Gasteiger partial charge in [-0.3, -0.25) is 4.79 Å². The van der Waals surface area contributed by atoms with Crippen LogP contribution in [0.15, 0.2) is 42.5 Å². The van der Waals surface area contributed by atoms with Crippen LogP contribution in [0.4, 0.5) is 26.3 Å². The van der Waals surface area contributed by atoms with Crippen molar-refractivity contribution in [1.29, 1.82) is 0 Å². The Hall–Kier alpha value is -2.02. The van der Waals surface area contributed by atoms with Crippen LogP contribution >= 0.6 is 11.6 Å². The van der Waals surface area contributed by atoms with Crippen molar-refractivity contribution in [3.05, 3.63) is 69.7 Å². The fourth-order valence-corrected chi connectivity index (χ4v) is 4.49. The molecule has 0 unspecified atom stereocenters. The average Bonchev–Trinajstić information content (AvgIpc) is 2.71. The third kappa shape index (κ3) is 5.82. The molecule has 0 bridgehead atoms. The number of rotatable bonds is 5. The Morgan fingerprint density at radius 2 is 1.48 bits per heavy atom. The lowest BCUT2D eigenvalue weighted by atomic mass is 9.76. The highest BCUT2D eigenvalue weighted by atomic mass is 35.5. The van der Waals surface area contributed by atoms with Crippen LogP contribution in [-0.2, 0) is 12.4 Å². The van der Waals surface area contributed by atoms with Gasteiger partial charge in [-0.05, 0) is 73.8 Å². The van der Waals surface area contributed by atoms with E-state index in [-0.39, 0.29) is 23.8 Å². The zero-order chi connectivity index (χ0) is 22.8. The predicted octanol–water partition coefficient (Wildman–Crippen LogP) is 8.31. The fourth-order valence-electron chi connectivity index (χ4n) is 4.27. The van der Waals surface area contributed by atoms with E-state index < -0.39 is 34.3 Å². The molecule has 8 heteroatoms. The first kappa shape index (κ1) is 23.6. The molecular weight excluding hydrogens is 442 g/mol. The average molecular weight is 463 g/mol. The van der Waals surface area contributed by atoms with Gasteiger partial charge in [-0.25, -0.2) is 0 Å². The Balaban J connectivity index is 1.58. The molecule has 1 aliphatic rings. The summed E-state index contributed by atoms with van der Waals surface area (Å²) in [5, 5.41) is -0.457. The largest absolute Gasteiger partial charge is 0.417 e. The van der Waals surface area contributed by atoms with Crippen LogP contribution < -0.4 is 0 Å². The van der Waals surface area contributed by atoms with Crippen molar-refractivity contribution < 1.29 is 31.1 Å². The van der Waals surface area contributed by atoms with Gasteiger partial charge in [-0.2, -0.15) is 26.3 Å². The zero-order valence-corrected chi connectivity index (χ0v) is 17.2. The van der Waals surface area contributed by atoms with Crippen molar-refractivity contribution in [2.24, 2.45) is 5.92 Å². The number of hydrogen-bond acceptors (Lipinski definition) is 1. The third-order valence-electron chi connectivity index (χ3n) is 5.93. The Labute approximate surface area is 181 Å². The maximum atomic E-state index is 13.3. The van der Waals surface area contributed by atoms with Gasteiger partial charge in [0.25, 0.3) is 0 Å². The summed E-state index contributed by atoms with van der Waals surface area (Å²) in [4.78, 5) is 12.4. The zero-order valence-electron chi connectivity index (χ0n) is 16.5. The monoisotopic (exact) mass is 462 g/mol. The summed E-state index contributed by atoms with van der Waals surface area (Å²) >= 11 is 5.59. The van der Waals surface area contributed by atoms with Crippen LogP contribution in [0, 0.1) is 5.92 Å². The lowest BCUT2D eigenvalue weighted by molar-refractivity contribution is -0.139. The molecule has 2 aromatic carbocycles. The van der Waals surface area contributed by atoms with Gasteiger partial charge in [0.1, 0.15) is 0 Å². The third-order valence-corrected chi connectivity index (χ3v) is 6.26. The van der Waals surface area contributed by atoms with Crippen LogP contribution in [-0.4, -0.2) is 5.78 Å². The van der Waals surface area contributed by atoms with Crippen LogP contribution in [0.1, 0.15) is 71.5 Å². The SMILES string of the molecule is O=C(CCC1CCC(c2ccccc2C(F)(F)F)CC1)c1ccc(Cl)c(C(F)(F)F)c1. The molecule has 168 valence electrons. The molecule has 0 amide bonds. The summed E-state index contributed by atoms with van der Waals surface area (Å²) in [5.41, 5.74) is -1.37. The molecular formula is C23H21ClF6O. The van der Waals surface area contributed by atoms with E-state index in [1.54, 1.807) is 6.07 Å². The van der Waals surface area contributed by atoms with Gasteiger partial charge < -0.3 is 0 Å². The summed E-state index contributed by atoms with van der Waals surface area (Å²) in [7, 11) is 0. The quantitative estimate of drug-likeness (QED) is 0.322. The summed E-state index contributed by atoms with van der Waals surface area (Å²) in [6.07, 6.45) is -5.91. The number of benzene rings is 2. The van der Waals surface area contributed by atoms with Gasteiger partial charge in [0.05, 0.1) is 16.1 Å². The molecule has 3 rings (SSSR count). The number of Topliss-reactive ketones (excluding diaryl/α,β-unsaturated/α-hetero) is 1. The maximum Gasteiger partial charge on any atom is 0.417 e. The minimum atomic E-state index is -4.64. The molecule has 1 aliphatic carbocycles. The Bertz CT molecular complexity index is 926. The normalized spacial score (nSPS) is 20.0. The molecule has 31 heavy (non-hydrogen) atoms. The second-order valence-electron chi connectivity index (χ2n) is 7.96. The smallest absolute Gasteiger partial charge is 0.294 e. The summed E-state index contributed by atoms with van der Waals surface area (Å²) in [5.74, 6) is -0.422. The van der Waals surface area contributed by atoms with E-state index in [1.165, 1.54) is 18.2 Å². The molecule has 0 radical (unpaired) electrons. The lowest BCUT2D eigenvalue weighted by Gasteiger charge is -2.30. The van der Waals surface area contributed by atoms with E-state index in [0.29, 0.717) is 37.7 Å².